The second kappa shape index (κ2) is 5.81. The number of ether oxygens (including phenoxy) is 1. The van der Waals surface area contributed by atoms with Crippen LogP contribution in [0.25, 0.3) is 0 Å². The van der Waals surface area contributed by atoms with Crippen LogP contribution in [0.5, 0.6) is 5.75 Å². The van der Waals surface area contributed by atoms with Crippen LogP contribution in [0.4, 0.5) is 11.5 Å². The molecular weight excluding hydrogens is 244 g/mol. The number of nitrogen functional groups attached to an aromatic ring is 1. The summed E-state index contributed by atoms with van der Waals surface area (Å²) in [6.07, 6.45) is 0. The Morgan fingerprint density at radius 2 is 2.16 bits per heavy atom. The van der Waals surface area contributed by atoms with Gasteiger partial charge in [0.25, 0.3) is 5.91 Å². The van der Waals surface area contributed by atoms with Crippen LogP contribution < -0.4 is 15.8 Å². The maximum atomic E-state index is 11.9. The van der Waals surface area contributed by atoms with Gasteiger partial charge in [0.15, 0.2) is 5.69 Å². The molecule has 6 nitrogen and oxygen atoms in total. The van der Waals surface area contributed by atoms with Gasteiger partial charge >= 0.3 is 0 Å². The molecular formula is C13H14N4O2. The fourth-order valence-electron chi connectivity index (χ4n) is 1.49. The molecule has 0 bridgehead atoms. The summed E-state index contributed by atoms with van der Waals surface area (Å²) in [5, 5.41) is 10.1. The summed E-state index contributed by atoms with van der Waals surface area (Å²) in [6.45, 7) is 2.47. The van der Waals surface area contributed by atoms with Crippen LogP contribution in [0.2, 0.25) is 0 Å². The molecule has 0 aliphatic heterocycles. The van der Waals surface area contributed by atoms with Gasteiger partial charge in [-0.15, -0.1) is 10.2 Å². The minimum Gasteiger partial charge on any atom is -0.494 e. The number of nitrogens with zero attached hydrogens (tertiary/aromatic N) is 2. The van der Waals surface area contributed by atoms with Crippen molar-refractivity contribution in [2.24, 2.45) is 0 Å². The average molecular weight is 258 g/mol. The smallest absolute Gasteiger partial charge is 0.276 e. The standard InChI is InChI=1S/C13H14N4O2/c1-2-19-10-5-3-4-9(8-10)15-13(18)11-6-7-12(14)17-16-11/h3-8H,2H2,1H3,(H2,14,17)(H,15,18). The second-order valence-corrected chi connectivity index (χ2v) is 3.76. The first kappa shape index (κ1) is 12.8. The number of rotatable bonds is 4. The van der Waals surface area contributed by atoms with Crippen LogP contribution in [0.1, 0.15) is 17.4 Å². The molecule has 0 saturated heterocycles. The van der Waals surface area contributed by atoms with E-state index in [9.17, 15) is 4.79 Å². The van der Waals surface area contributed by atoms with Crippen LogP contribution in [-0.4, -0.2) is 22.7 Å². The zero-order chi connectivity index (χ0) is 13.7. The van der Waals surface area contributed by atoms with Gasteiger partial charge in [0.1, 0.15) is 11.6 Å². The molecule has 1 amide bonds. The Morgan fingerprint density at radius 1 is 1.32 bits per heavy atom. The molecule has 19 heavy (non-hydrogen) atoms. The minimum absolute atomic E-state index is 0.205. The topological polar surface area (TPSA) is 90.1 Å². The van der Waals surface area contributed by atoms with Gasteiger partial charge < -0.3 is 15.8 Å². The lowest BCUT2D eigenvalue weighted by molar-refractivity contribution is 0.102. The molecule has 1 heterocycles. The van der Waals surface area contributed by atoms with Crippen molar-refractivity contribution < 1.29 is 9.53 Å². The Hall–Kier alpha value is -2.63. The highest BCUT2D eigenvalue weighted by molar-refractivity contribution is 6.02. The largest absolute Gasteiger partial charge is 0.494 e. The molecule has 2 rings (SSSR count). The normalized spacial score (nSPS) is 9.95. The summed E-state index contributed by atoms with van der Waals surface area (Å²) in [5.41, 5.74) is 6.25. The molecule has 0 saturated carbocycles. The van der Waals surface area contributed by atoms with Gasteiger partial charge in [-0.1, -0.05) is 6.07 Å². The number of nitrogens with one attached hydrogen (secondary N) is 1. The number of benzene rings is 1. The first-order valence-corrected chi connectivity index (χ1v) is 5.82. The monoisotopic (exact) mass is 258 g/mol. The first-order valence-electron chi connectivity index (χ1n) is 5.82. The van der Waals surface area contributed by atoms with Gasteiger partial charge in [-0.25, -0.2) is 0 Å². The molecule has 2 aromatic rings. The summed E-state index contributed by atoms with van der Waals surface area (Å²) in [6, 6.07) is 10.2. The van der Waals surface area contributed by atoms with Crippen molar-refractivity contribution in [2.45, 2.75) is 6.92 Å². The van der Waals surface area contributed by atoms with Crippen LogP contribution in [0.15, 0.2) is 36.4 Å². The predicted octanol–water partition coefficient (Wildman–Crippen LogP) is 1.71. The molecule has 3 N–H and O–H groups in total. The molecule has 98 valence electrons. The SMILES string of the molecule is CCOc1cccc(NC(=O)c2ccc(N)nn2)c1. The molecule has 0 aliphatic rings. The van der Waals surface area contributed by atoms with E-state index in [0.29, 0.717) is 18.0 Å². The molecule has 0 fully saturated rings. The van der Waals surface area contributed by atoms with Crippen molar-refractivity contribution in [1.82, 2.24) is 10.2 Å². The van der Waals surface area contributed by atoms with E-state index >= 15 is 0 Å². The Morgan fingerprint density at radius 3 is 2.84 bits per heavy atom. The number of carbonyl (C=O) groups excluding carboxylic acids is 1. The van der Waals surface area contributed by atoms with E-state index < -0.39 is 0 Å². The lowest BCUT2D eigenvalue weighted by Gasteiger charge is -2.07. The molecule has 0 aliphatic carbocycles. The van der Waals surface area contributed by atoms with Crippen molar-refractivity contribution in [3.05, 3.63) is 42.1 Å². The lowest BCUT2D eigenvalue weighted by atomic mass is 10.3. The number of hydrogen-bond donors (Lipinski definition) is 2. The van der Waals surface area contributed by atoms with Gasteiger partial charge in [-0.2, -0.15) is 0 Å². The van der Waals surface area contributed by atoms with Crippen LogP contribution in [-0.2, 0) is 0 Å². The van der Waals surface area contributed by atoms with E-state index in [1.54, 1.807) is 18.2 Å². The van der Waals surface area contributed by atoms with Gasteiger partial charge in [0, 0.05) is 11.8 Å². The van der Waals surface area contributed by atoms with E-state index in [1.165, 1.54) is 12.1 Å². The summed E-state index contributed by atoms with van der Waals surface area (Å²) in [5.74, 6) is 0.625. The van der Waals surface area contributed by atoms with E-state index in [-0.39, 0.29) is 17.4 Å². The van der Waals surface area contributed by atoms with Gasteiger partial charge in [-0.3, -0.25) is 4.79 Å². The number of nitrogens with two attached hydrogens (primary N) is 1. The van der Waals surface area contributed by atoms with Crippen LogP contribution >= 0.6 is 0 Å². The third kappa shape index (κ3) is 3.41. The average Bonchev–Trinajstić information content (AvgIpc) is 2.40. The van der Waals surface area contributed by atoms with Crippen molar-refractivity contribution in [1.29, 1.82) is 0 Å². The Kier molecular flexibility index (Phi) is 3.92. The van der Waals surface area contributed by atoms with Crippen molar-refractivity contribution in [2.75, 3.05) is 17.7 Å². The Bertz CT molecular complexity index is 569. The Balaban J connectivity index is 2.10. The fourth-order valence-corrected chi connectivity index (χ4v) is 1.49. The zero-order valence-corrected chi connectivity index (χ0v) is 10.5. The maximum Gasteiger partial charge on any atom is 0.276 e. The third-order valence-corrected chi connectivity index (χ3v) is 2.32. The van der Waals surface area contributed by atoms with Crippen LogP contribution in [0, 0.1) is 0 Å². The van der Waals surface area contributed by atoms with Crippen molar-refractivity contribution in [3.63, 3.8) is 0 Å². The first-order chi connectivity index (χ1) is 9.19. The molecule has 0 radical (unpaired) electrons. The Labute approximate surface area is 110 Å². The van der Waals surface area contributed by atoms with E-state index in [1.807, 2.05) is 13.0 Å². The highest BCUT2D eigenvalue weighted by atomic mass is 16.5. The molecule has 0 atom stereocenters. The number of amides is 1. The summed E-state index contributed by atoms with van der Waals surface area (Å²) in [7, 11) is 0. The fraction of sp³-hybridized carbons (Fsp3) is 0.154. The van der Waals surface area contributed by atoms with Crippen molar-refractivity contribution >= 4 is 17.4 Å². The predicted molar refractivity (Wildman–Crippen MR) is 72.0 cm³/mol. The third-order valence-electron chi connectivity index (χ3n) is 2.32. The van der Waals surface area contributed by atoms with Gasteiger partial charge in [0.05, 0.1) is 6.61 Å². The van der Waals surface area contributed by atoms with E-state index in [0.717, 1.165) is 0 Å². The lowest BCUT2D eigenvalue weighted by Crippen LogP contribution is -2.14. The molecule has 0 spiro atoms. The summed E-state index contributed by atoms with van der Waals surface area (Å²) in [4.78, 5) is 11.9. The number of anilines is 2. The highest BCUT2D eigenvalue weighted by Gasteiger charge is 2.08. The zero-order valence-electron chi connectivity index (χ0n) is 10.5. The molecule has 6 heteroatoms. The number of hydrogen-bond acceptors (Lipinski definition) is 5. The highest BCUT2D eigenvalue weighted by Crippen LogP contribution is 2.17. The summed E-state index contributed by atoms with van der Waals surface area (Å²) >= 11 is 0. The van der Waals surface area contributed by atoms with E-state index in [4.69, 9.17) is 10.5 Å². The number of carbonyl (C=O) groups is 1. The molecule has 1 aromatic carbocycles. The maximum absolute atomic E-state index is 11.9. The minimum atomic E-state index is -0.346. The van der Waals surface area contributed by atoms with Crippen molar-refractivity contribution in [3.8, 4) is 5.75 Å². The quantitative estimate of drug-likeness (QED) is 0.871. The summed E-state index contributed by atoms with van der Waals surface area (Å²) < 4.78 is 5.35. The number of aromatic nitrogens is 2. The van der Waals surface area contributed by atoms with Gasteiger partial charge in [-0.05, 0) is 31.2 Å². The second-order valence-electron chi connectivity index (χ2n) is 3.76. The molecule has 1 aromatic heterocycles. The van der Waals surface area contributed by atoms with E-state index in [2.05, 4.69) is 15.5 Å². The van der Waals surface area contributed by atoms with Crippen LogP contribution in [0.3, 0.4) is 0 Å². The molecule has 0 unspecified atom stereocenters. The van der Waals surface area contributed by atoms with Gasteiger partial charge in [0.2, 0.25) is 0 Å².